The molecular weight excluding hydrogens is 238 g/mol. The Bertz CT molecular complexity index is 555. The molecule has 0 atom stereocenters. The van der Waals surface area contributed by atoms with Crippen molar-refractivity contribution in [1.29, 1.82) is 0 Å². The Balaban J connectivity index is 2.43. The number of benzene rings is 1. The lowest BCUT2D eigenvalue weighted by Crippen LogP contribution is -2.03. The van der Waals surface area contributed by atoms with Crippen LogP contribution in [0.4, 0.5) is 0 Å². The van der Waals surface area contributed by atoms with E-state index in [1.807, 2.05) is 24.3 Å². The van der Waals surface area contributed by atoms with Crippen molar-refractivity contribution >= 4 is 17.6 Å². The minimum atomic E-state index is -0.450. The number of carbonyl (C=O) groups excluding carboxylic acids is 1. The number of nitrogens with zero attached hydrogens (tertiary/aromatic N) is 1. The van der Waals surface area contributed by atoms with Gasteiger partial charge >= 0.3 is 5.97 Å². The molecule has 2 rings (SSSR count). The SMILES string of the molecule is COC(=O)c1cc(-c2cccc(Cl)c2)ccn1. The van der Waals surface area contributed by atoms with E-state index in [0.29, 0.717) is 5.02 Å². The highest BCUT2D eigenvalue weighted by atomic mass is 35.5. The summed E-state index contributed by atoms with van der Waals surface area (Å²) >= 11 is 5.92. The number of ether oxygens (including phenoxy) is 1. The lowest BCUT2D eigenvalue weighted by molar-refractivity contribution is 0.0594. The molecule has 1 aromatic heterocycles. The number of aromatic nitrogens is 1. The highest BCUT2D eigenvalue weighted by Crippen LogP contribution is 2.22. The Morgan fingerprint density at radius 3 is 2.71 bits per heavy atom. The molecule has 3 nitrogen and oxygen atoms in total. The number of carbonyl (C=O) groups is 1. The van der Waals surface area contributed by atoms with Crippen LogP contribution in [0.5, 0.6) is 0 Å². The molecule has 0 amide bonds. The third kappa shape index (κ3) is 2.63. The summed E-state index contributed by atoms with van der Waals surface area (Å²) in [5, 5.41) is 0.652. The van der Waals surface area contributed by atoms with E-state index >= 15 is 0 Å². The van der Waals surface area contributed by atoms with Gasteiger partial charge in [0.25, 0.3) is 0 Å². The summed E-state index contributed by atoms with van der Waals surface area (Å²) in [6.45, 7) is 0. The number of esters is 1. The fraction of sp³-hybridized carbons (Fsp3) is 0.0769. The fourth-order valence-electron chi connectivity index (χ4n) is 1.49. The van der Waals surface area contributed by atoms with Crippen molar-refractivity contribution in [2.45, 2.75) is 0 Å². The van der Waals surface area contributed by atoms with Gasteiger partial charge in [0, 0.05) is 11.2 Å². The molecule has 0 N–H and O–H groups in total. The Morgan fingerprint density at radius 2 is 2.00 bits per heavy atom. The third-order valence-electron chi connectivity index (χ3n) is 2.31. The number of rotatable bonds is 2. The second-order valence-electron chi connectivity index (χ2n) is 3.43. The number of methoxy groups -OCH3 is 1. The summed E-state index contributed by atoms with van der Waals surface area (Å²) in [5.41, 5.74) is 2.10. The van der Waals surface area contributed by atoms with Crippen LogP contribution in [0.3, 0.4) is 0 Å². The van der Waals surface area contributed by atoms with Crippen molar-refractivity contribution in [2.24, 2.45) is 0 Å². The standard InChI is InChI=1S/C13H10ClNO2/c1-17-13(16)12-8-10(5-6-15-12)9-3-2-4-11(14)7-9/h2-8H,1H3. The topological polar surface area (TPSA) is 39.2 Å². The first-order valence-electron chi connectivity index (χ1n) is 5.01. The predicted octanol–water partition coefficient (Wildman–Crippen LogP) is 3.19. The van der Waals surface area contributed by atoms with E-state index in [4.69, 9.17) is 11.6 Å². The first-order chi connectivity index (χ1) is 8.20. The van der Waals surface area contributed by atoms with Gasteiger partial charge in [-0.2, -0.15) is 0 Å². The normalized spacial score (nSPS) is 10.0. The number of pyridine rings is 1. The minimum Gasteiger partial charge on any atom is -0.464 e. The average Bonchev–Trinajstić information content (AvgIpc) is 2.38. The molecule has 0 spiro atoms. The summed E-state index contributed by atoms with van der Waals surface area (Å²) in [5.74, 6) is -0.450. The molecule has 4 heteroatoms. The third-order valence-corrected chi connectivity index (χ3v) is 2.55. The Labute approximate surface area is 104 Å². The van der Waals surface area contributed by atoms with Crippen molar-refractivity contribution in [3.8, 4) is 11.1 Å². The van der Waals surface area contributed by atoms with Gasteiger partial charge in [-0.05, 0) is 35.4 Å². The summed E-state index contributed by atoms with van der Waals surface area (Å²) in [6, 6.07) is 10.9. The quantitative estimate of drug-likeness (QED) is 0.765. The first-order valence-corrected chi connectivity index (χ1v) is 5.39. The monoisotopic (exact) mass is 247 g/mol. The largest absolute Gasteiger partial charge is 0.464 e. The first kappa shape index (κ1) is 11.6. The van der Waals surface area contributed by atoms with Crippen LogP contribution < -0.4 is 0 Å². The van der Waals surface area contributed by atoms with E-state index in [-0.39, 0.29) is 5.69 Å². The summed E-state index contributed by atoms with van der Waals surface area (Å²) in [4.78, 5) is 15.3. The summed E-state index contributed by atoms with van der Waals surface area (Å²) in [7, 11) is 1.33. The van der Waals surface area contributed by atoms with E-state index in [9.17, 15) is 4.79 Å². The Hall–Kier alpha value is -1.87. The van der Waals surface area contributed by atoms with E-state index in [1.54, 1.807) is 18.3 Å². The molecule has 2 aromatic rings. The molecule has 0 unspecified atom stereocenters. The lowest BCUT2D eigenvalue weighted by atomic mass is 10.1. The second kappa shape index (κ2) is 4.97. The van der Waals surface area contributed by atoms with Gasteiger partial charge < -0.3 is 4.74 Å². The van der Waals surface area contributed by atoms with Gasteiger partial charge in [0.1, 0.15) is 5.69 Å². The number of hydrogen-bond acceptors (Lipinski definition) is 3. The van der Waals surface area contributed by atoms with Crippen LogP contribution in [-0.4, -0.2) is 18.1 Å². The van der Waals surface area contributed by atoms with Gasteiger partial charge in [-0.3, -0.25) is 0 Å². The Morgan fingerprint density at radius 1 is 1.24 bits per heavy atom. The maximum absolute atomic E-state index is 11.4. The molecule has 1 aromatic carbocycles. The van der Waals surface area contributed by atoms with E-state index in [1.165, 1.54) is 7.11 Å². The molecule has 0 saturated carbocycles. The van der Waals surface area contributed by atoms with Crippen molar-refractivity contribution in [2.75, 3.05) is 7.11 Å². The van der Waals surface area contributed by atoms with Crippen LogP contribution in [0.2, 0.25) is 5.02 Å². The zero-order valence-corrected chi connectivity index (χ0v) is 9.94. The molecule has 17 heavy (non-hydrogen) atoms. The molecule has 86 valence electrons. The molecule has 0 aliphatic rings. The minimum absolute atomic E-state index is 0.282. The molecule has 0 saturated heterocycles. The van der Waals surface area contributed by atoms with Gasteiger partial charge in [0.05, 0.1) is 7.11 Å². The summed E-state index contributed by atoms with van der Waals surface area (Å²) < 4.78 is 4.62. The zero-order valence-electron chi connectivity index (χ0n) is 9.18. The van der Waals surface area contributed by atoms with Gasteiger partial charge in [-0.25, -0.2) is 9.78 Å². The van der Waals surface area contributed by atoms with E-state index in [2.05, 4.69) is 9.72 Å². The van der Waals surface area contributed by atoms with Gasteiger partial charge in [0.2, 0.25) is 0 Å². The van der Waals surface area contributed by atoms with Crippen LogP contribution in [0, 0.1) is 0 Å². The number of hydrogen-bond donors (Lipinski definition) is 0. The van der Waals surface area contributed by atoms with Gasteiger partial charge in [0.15, 0.2) is 0 Å². The van der Waals surface area contributed by atoms with Crippen molar-refractivity contribution < 1.29 is 9.53 Å². The second-order valence-corrected chi connectivity index (χ2v) is 3.87. The lowest BCUT2D eigenvalue weighted by Gasteiger charge is -2.04. The highest BCUT2D eigenvalue weighted by Gasteiger charge is 2.08. The van der Waals surface area contributed by atoms with Crippen LogP contribution in [0.15, 0.2) is 42.6 Å². The van der Waals surface area contributed by atoms with Gasteiger partial charge in [-0.15, -0.1) is 0 Å². The van der Waals surface area contributed by atoms with Crippen LogP contribution in [0.25, 0.3) is 11.1 Å². The highest BCUT2D eigenvalue weighted by molar-refractivity contribution is 6.30. The molecule has 0 bridgehead atoms. The van der Waals surface area contributed by atoms with Crippen LogP contribution >= 0.6 is 11.6 Å². The van der Waals surface area contributed by atoms with Crippen molar-refractivity contribution in [1.82, 2.24) is 4.98 Å². The maximum atomic E-state index is 11.4. The number of halogens is 1. The fourth-order valence-corrected chi connectivity index (χ4v) is 1.68. The van der Waals surface area contributed by atoms with Crippen LogP contribution in [-0.2, 0) is 4.74 Å². The average molecular weight is 248 g/mol. The maximum Gasteiger partial charge on any atom is 0.356 e. The molecule has 1 heterocycles. The van der Waals surface area contributed by atoms with E-state index < -0.39 is 5.97 Å². The Kier molecular flexibility index (Phi) is 3.40. The smallest absolute Gasteiger partial charge is 0.356 e. The molecule has 0 radical (unpaired) electrons. The summed E-state index contributed by atoms with van der Waals surface area (Å²) in [6.07, 6.45) is 1.57. The molecular formula is C13H10ClNO2. The van der Waals surface area contributed by atoms with Crippen molar-refractivity contribution in [3.05, 3.63) is 53.3 Å². The predicted molar refractivity (Wildman–Crippen MR) is 66.0 cm³/mol. The molecule has 0 fully saturated rings. The van der Waals surface area contributed by atoms with Crippen LogP contribution in [0.1, 0.15) is 10.5 Å². The van der Waals surface area contributed by atoms with Crippen molar-refractivity contribution in [3.63, 3.8) is 0 Å². The van der Waals surface area contributed by atoms with E-state index in [0.717, 1.165) is 11.1 Å². The molecule has 0 aliphatic heterocycles. The van der Waals surface area contributed by atoms with Gasteiger partial charge in [-0.1, -0.05) is 23.7 Å². The zero-order chi connectivity index (χ0) is 12.3. The molecule has 0 aliphatic carbocycles.